The van der Waals surface area contributed by atoms with Crippen LogP contribution in [0.4, 0.5) is 0 Å². The third-order valence-electron chi connectivity index (χ3n) is 5.37. The second kappa shape index (κ2) is 6.41. The van der Waals surface area contributed by atoms with E-state index >= 15 is 0 Å². The normalized spacial score (nSPS) is 25.1. The highest BCUT2D eigenvalue weighted by Crippen LogP contribution is 2.43. The topological polar surface area (TPSA) is 84.7 Å². The van der Waals surface area contributed by atoms with Crippen molar-refractivity contribution in [1.82, 2.24) is 14.7 Å². The number of hydrogen-bond acceptors (Lipinski definition) is 4. The SMILES string of the molecule is O=C(c1cc(-n2cccn2)ccc1Cl)N1C[C@@H]2COCC[C@]2(C(=O)O)C1. The lowest BCUT2D eigenvalue weighted by molar-refractivity contribution is -0.157. The van der Waals surface area contributed by atoms with Crippen LogP contribution in [-0.2, 0) is 9.53 Å². The summed E-state index contributed by atoms with van der Waals surface area (Å²) < 4.78 is 7.09. The number of amides is 1. The summed E-state index contributed by atoms with van der Waals surface area (Å²) in [6.07, 6.45) is 3.84. The van der Waals surface area contributed by atoms with Crippen LogP contribution in [0.25, 0.3) is 5.69 Å². The average Bonchev–Trinajstić information content (AvgIpc) is 3.29. The molecule has 2 atom stereocenters. The third kappa shape index (κ3) is 2.68. The Morgan fingerprint density at radius 2 is 2.23 bits per heavy atom. The van der Waals surface area contributed by atoms with Crippen molar-refractivity contribution < 1.29 is 19.4 Å². The molecule has 1 aromatic heterocycles. The minimum absolute atomic E-state index is 0.178. The van der Waals surface area contributed by atoms with Gasteiger partial charge in [0.1, 0.15) is 0 Å². The van der Waals surface area contributed by atoms with E-state index in [4.69, 9.17) is 16.3 Å². The minimum atomic E-state index is -0.931. The Balaban J connectivity index is 1.64. The number of aromatic nitrogens is 2. The zero-order valence-electron chi connectivity index (χ0n) is 14.0. The molecule has 1 N–H and O–H groups in total. The number of likely N-dealkylation sites (tertiary alicyclic amines) is 1. The van der Waals surface area contributed by atoms with Gasteiger partial charge in [-0.05, 0) is 30.7 Å². The van der Waals surface area contributed by atoms with Crippen molar-refractivity contribution in [3.05, 3.63) is 47.2 Å². The van der Waals surface area contributed by atoms with Crippen molar-refractivity contribution in [3.63, 3.8) is 0 Å². The van der Waals surface area contributed by atoms with E-state index in [1.54, 1.807) is 46.2 Å². The molecule has 2 fully saturated rings. The van der Waals surface area contributed by atoms with Crippen molar-refractivity contribution in [1.29, 1.82) is 0 Å². The van der Waals surface area contributed by atoms with Crippen LogP contribution in [-0.4, -0.2) is 58.0 Å². The monoisotopic (exact) mass is 375 g/mol. The Morgan fingerprint density at radius 3 is 2.92 bits per heavy atom. The lowest BCUT2D eigenvalue weighted by Gasteiger charge is -2.33. The highest BCUT2D eigenvalue weighted by molar-refractivity contribution is 6.33. The van der Waals surface area contributed by atoms with E-state index in [-0.39, 0.29) is 18.4 Å². The average molecular weight is 376 g/mol. The van der Waals surface area contributed by atoms with Gasteiger partial charge in [-0.15, -0.1) is 0 Å². The van der Waals surface area contributed by atoms with E-state index in [2.05, 4.69) is 5.10 Å². The number of aliphatic carboxylic acids is 1. The van der Waals surface area contributed by atoms with Gasteiger partial charge in [-0.2, -0.15) is 5.10 Å². The molecule has 2 aliphatic rings. The molecule has 0 unspecified atom stereocenters. The van der Waals surface area contributed by atoms with Crippen LogP contribution in [0.3, 0.4) is 0 Å². The van der Waals surface area contributed by atoms with Crippen LogP contribution in [0, 0.1) is 11.3 Å². The summed E-state index contributed by atoms with van der Waals surface area (Å²) >= 11 is 6.26. The summed E-state index contributed by atoms with van der Waals surface area (Å²) in [5.41, 5.74) is 0.135. The van der Waals surface area contributed by atoms with Crippen LogP contribution in [0.15, 0.2) is 36.7 Å². The molecule has 0 saturated carbocycles. The number of benzene rings is 1. The molecular weight excluding hydrogens is 358 g/mol. The summed E-state index contributed by atoms with van der Waals surface area (Å²) in [5, 5.41) is 14.3. The summed E-state index contributed by atoms with van der Waals surface area (Å²) in [6, 6.07) is 6.91. The molecule has 0 radical (unpaired) electrons. The fraction of sp³-hybridized carbons (Fsp3) is 0.389. The standard InChI is InChI=1S/C18H18ClN3O4/c19-15-3-2-13(22-6-1-5-20-22)8-14(15)16(23)21-9-12-10-26-7-4-18(12,11-21)17(24)25/h1-3,5-6,8,12H,4,7,9-11H2,(H,24,25)/t12-,18+/m1/s1. The first-order valence-corrected chi connectivity index (χ1v) is 8.79. The number of carbonyl (C=O) groups is 2. The molecule has 26 heavy (non-hydrogen) atoms. The number of halogens is 1. The predicted molar refractivity (Wildman–Crippen MR) is 93.5 cm³/mol. The second-order valence-electron chi connectivity index (χ2n) is 6.78. The van der Waals surface area contributed by atoms with Gasteiger partial charge in [0.15, 0.2) is 0 Å². The maximum atomic E-state index is 13.1. The van der Waals surface area contributed by atoms with Crippen LogP contribution >= 0.6 is 11.6 Å². The second-order valence-corrected chi connectivity index (χ2v) is 7.19. The van der Waals surface area contributed by atoms with E-state index in [9.17, 15) is 14.7 Å². The van der Waals surface area contributed by atoms with Gasteiger partial charge in [0.05, 0.1) is 28.3 Å². The number of carboxylic acid groups (broad SMARTS) is 1. The lowest BCUT2D eigenvalue weighted by Crippen LogP contribution is -2.45. The maximum Gasteiger partial charge on any atom is 0.311 e. The van der Waals surface area contributed by atoms with Gasteiger partial charge in [0, 0.05) is 38.0 Å². The quantitative estimate of drug-likeness (QED) is 0.887. The molecule has 0 aliphatic carbocycles. The maximum absolute atomic E-state index is 13.1. The molecular formula is C18H18ClN3O4. The number of hydrogen-bond donors (Lipinski definition) is 1. The van der Waals surface area contributed by atoms with E-state index in [0.717, 1.165) is 5.69 Å². The first-order valence-electron chi connectivity index (χ1n) is 8.41. The molecule has 1 amide bonds. The summed E-state index contributed by atoms with van der Waals surface area (Å²) in [5.74, 6) is -1.33. The van der Waals surface area contributed by atoms with Gasteiger partial charge in [0.25, 0.3) is 5.91 Å². The number of carbonyl (C=O) groups excluding carboxylic acids is 1. The largest absolute Gasteiger partial charge is 0.481 e. The van der Waals surface area contributed by atoms with Crippen molar-refractivity contribution in [2.75, 3.05) is 26.3 Å². The van der Waals surface area contributed by atoms with Crippen molar-refractivity contribution in [2.45, 2.75) is 6.42 Å². The Bertz CT molecular complexity index is 854. The molecule has 1 aromatic carbocycles. The van der Waals surface area contributed by atoms with Crippen LogP contribution < -0.4 is 0 Å². The molecule has 2 aromatic rings. The third-order valence-corrected chi connectivity index (χ3v) is 5.70. The molecule has 136 valence electrons. The van der Waals surface area contributed by atoms with Crippen LogP contribution in [0.2, 0.25) is 5.02 Å². The molecule has 3 heterocycles. The number of rotatable bonds is 3. The zero-order chi connectivity index (χ0) is 18.3. The van der Waals surface area contributed by atoms with Gasteiger partial charge in [-0.1, -0.05) is 11.6 Å². The van der Waals surface area contributed by atoms with Gasteiger partial charge in [-0.3, -0.25) is 9.59 Å². The van der Waals surface area contributed by atoms with Gasteiger partial charge in [-0.25, -0.2) is 4.68 Å². The lowest BCUT2D eigenvalue weighted by atomic mass is 9.74. The summed E-state index contributed by atoms with van der Waals surface area (Å²) in [7, 11) is 0. The fourth-order valence-electron chi connectivity index (χ4n) is 3.87. The van der Waals surface area contributed by atoms with Crippen molar-refractivity contribution in [3.8, 4) is 5.69 Å². The van der Waals surface area contributed by atoms with E-state index < -0.39 is 11.4 Å². The predicted octanol–water partition coefficient (Wildman–Crippen LogP) is 2.09. The van der Waals surface area contributed by atoms with Gasteiger partial charge in [0.2, 0.25) is 0 Å². The first kappa shape index (κ1) is 17.1. The molecule has 0 bridgehead atoms. The number of ether oxygens (including phenoxy) is 1. The smallest absolute Gasteiger partial charge is 0.311 e. The fourth-order valence-corrected chi connectivity index (χ4v) is 4.06. The Morgan fingerprint density at radius 1 is 1.38 bits per heavy atom. The highest BCUT2D eigenvalue weighted by atomic mass is 35.5. The Kier molecular flexibility index (Phi) is 4.20. The van der Waals surface area contributed by atoms with E-state index in [1.807, 2.05) is 0 Å². The Hall–Kier alpha value is -2.38. The summed E-state index contributed by atoms with van der Waals surface area (Å²) in [6.45, 7) is 1.29. The molecule has 4 rings (SSSR count). The van der Waals surface area contributed by atoms with Crippen LogP contribution in [0.5, 0.6) is 0 Å². The van der Waals surface area contributed by atoms with E-state index in [0.29, 0.717) is 36.8 Å². The molecule has 0 spiro atoms. The van der Waals surface area contributed by atoms with Crippen LogP contribution in [0.1, 0.15) is 16.8 Å². The molecule has 2 saturated heterocycles. The molecule has 8 heteroatoms. The highest BCUT2D eigenvalue weighted by Gasteiger charge is 2.55. The van der Waals surface area contributed by atoms with Gasteiger partial charge < -0.3 is 14.7 Å². The van der Waals surface area contributed by atoms with Gasteiger partial charge >= 0.3 is 5.97 Å². The number of nitrogens with zero attached hydrogens (tertiary/aromatic N) is 3. The number of carboxylic acids is 1. The number of fused-ring (bicyclic) bond motifs is 1. The Labute approximate surface area is 155 Å². The zero-order valence-corrected chi connectivity index (χ0v) is 14.7. The van der Waals surface area contributed by atoms with E-state index in [1.165, 1.54) is 0 Å². The molecule has 2 aliphatic heterocycles. The van der Waals surface area contributed by atoms with Crippen molar-refractivity contribution >= 4 is 23.5 Å². The van der Waals surface area contributed by atoms with Crippen molar-refractivity contribution in [2.24, 2.45) is 11.3 Å². The first-order chi connectivity index (χ1) is 12.5. The summed E-state index contributed by atoms with van der Waals surface area (Å²) in [4.78, 5) is 26.6. The minimum Gasteiger partial charge on any atom is -0.481 e. The molecule has 7 nitrogen and oxygen atoms in total.